The average Bonchev–Trinajstić information content (AvgIpc) is 2.68. The van der Waals surface area contributed by atoms with Crippen LogP contribution in [-0.4, -0.2) is 42.4 Å². The number of hydrogen-bond donors (Lipinski definition) is 1. The number of esters is 1. The van der Waals surface area contributed by atoms with Crippen LogP contribution < -0.4 is 5.32 Å². The van der Waals surface area contributed by atoms with Crippen molar-refractivity contribution in [2.24, 2.45) is 0 Å². The highest BCUT2D eigenvalue weighted by Crippen LogP contribution is 2.38. The topological polar surface area (TPSA) is 75.7 Å². The smallest absolute Gasteiger partial charge is 0.416 e. The molecule has 0 bridgehead atoms. The van der Waals surface area contributed by atoms with Gasteiger partial charge in [-0.2, -0.15) is 13.2 Å². The fourth-order valence-electron chi connectivity index (χ4n) is 3.33. The molecule has 0 saturated carbocycles. The fraction of sp³-hybridized carbons (Fsp3) is 0.476. The molecule has 1 unspecified atom stereocenters. The minimum absolute atomic E-state index is 0.0975. The van der Waals surface area contributed by atoms with Gasteiger partial charge in [0, 0.05) is 24.6 Å². The van der Waals surface area contributed by atoms with E-state index in [1.165, 1.54) is 24.0 Å². The zero-order valence-electron chi connectivity index (χ0n) is 17.1. The molecule has 1 aliphatic rings. The monoisotopic (exact) mass is 426 g/mol. The number of ether oxygens (including phenoxy) is 1. The Hall–Kier alpha value is -2.84. The lowest BCUT2D eigenvalue weighted by atomic mass is 9.83. The van der Waals surface area contributed by atoms with E-state index in [9.17, 15) is 27.6 Å². The first-order valence-electron chi connectivity index (χ1n) is 9.72. The first-order valence-corrected chi connectivity index (χ1v) is 9.72. The molecule has 0 spiro atoms. The molecule has 1 N–H and O–H groups in total. The van der Waals surface area contributed by atoms with E-state index in [0.717, 1.165) is 18.6 Å². The van der Waals surface area contributed by atoms with Crippen molar-refractivity contribution in [3.8, 4) is 0 Å². The van der Waals surface area contributed by atoms with Crippen LogP contribution in [0.3, 0.4) is 0 Å². The third kappa shape index (κ3) is 5.40. The second kappa shape index (κ2) is 9.77. The molecule has 1 atom stereocenters. The van der Waals surface area contributed by atoms with Gasteiger partial charge in [-0.05, 0) is 38.0 Å². The molecule has 1 aliphatic heterocycles. The number of nitrogens with zero attached hydrogens (tertiary/aromatic N) is 1. The van der Waals surface area contributed by atoms with Crippen LogP contribution >= 0.6 is 0 Å². The molecule has 2 rings (SSSR count). The van der Waals surface area contributed by atoms with Gasteiger partial charge < -0.3 is 15.0 Å². The molecular formula is C21H25F3N2O4. The second-order valence-corrected chi connectivity index (χ2v) is 6.93. The van der Waals surface area contributed by atoms with Crippen LogP contribution in [0.15, 0.2) is 35.5 Å². The molecule has 2 amide bonds. The Morgan fingerprint density at radius 3 is 2.37 bits per heavy atom. The highest BCUT2D eigenvalue weighted by Gasteiger charge is 2.38. The van der Waals surface area contributed by atoms with E-state index in [1.54, 1.807) is 6.92 Å². The molecule has 0 saturated heterocycles. The number of alkyl halides is 3. The van der Waals surface area contributed by atoms with Crippen LogP contribution in [0.2, 0.25) is 0 Å². The van der Waals surface area contributed by atoms with Gasteiger partial charge in [-0.1, -0.05) is 19.1 Å². The standard InChI is InChI=1S/C21H25F3N2O4/c1-4-10-25-17(27)12-26-13(3)19(20(29)30-5-2)16(11-18(26)28)14-6-8-15(9-7-14)21(22,23)24/h6-9,16H,4-5,10-12H2,1-3H3,(H,25,27). The van der Waals surface area contributed by atoms with Gasteiger partial charge in [0.15, 0.2) is 0 Å². The van der Waals surface area contributed by atoms with Crippen molar-refractivity contribution in [2.75, 3.05) is 19.7 Å². The maximum Gasteiger partial charge on any atom is 0.416 e. The van der Waals surface area contributed by atoms with Crippen LogP contribution in [-0.2, 0) is 25.3 Å². The molecule has 0 aliphatic carbocycles. The number of rotatable bonds is 7. The molecule has 0 radical (unpaired) electrons. The zero-order valence-corrected chi connectivity index (χ0v) is 17.1. The van der Waals surface area contributed by atoms with Crippen molar-refractivity contribution in [3.05, 3.63) is 46.7 Å². The van der Waals surface area contributed by atoms with Crippen LogP contribution in [0.5, 0.6) is 0 Å². The summed E-state index contributed by atoms with van der Waals surface area (Å²) >= 11 is 0. The van der Waals surface area contributed by atoms with Gasteiger partial charge in [0.1, 0.15) is 6.54 Å². The summed E-state index contributed by atoms with van der Waals surface area (Å²) in [6.45, 7) is 5.37. The van der Waals surface area contributed by atoms with Gasteiger partial charge in [0.05, 0.1) is 17.7 Å². The molecule has 1 heterocycles. The van der Waals surface area contributed by atoms with Gasteiger partial charge in [-0.3, -0.25) is 9.59 Å². The number of carbonyl (C=O) groups excluding carboxylic acids is 3. The second-order valence-electron chi connectivity index (χ2n) is 6.93. The summed E-state index contributed by atoms with van der Waals surface area (Å²) in [6.07, 6.45) is -3.91. The van der Waals surface area contributed by atoms with Crippen molar-refractivity contribution in [2.45, 2.75) is 45.7 Å². The highest BCUT2D eigenvalue weighted by molar-refractivity contribution is 5.97. The summed E-state index contributed by atoms with van der Waals surface area (Å²) in [5.41, 5.74) is 0.00979. The largest absolute Gasteiger partial charge is 0.463 e. The molecule has 0 aromatic heterocycles. The maximum absolute atomic E-state index is 12.9. The van der Waals surface area contributed by atoms with E-state index < -0.39 is 29.5 Å². The number of halogens is 3. The van der Waals surface area contributed by atoms with E-state index in [1.807, 2.05) is 6.92 Å². The first kappa shape index (κ1) is 23.4. The van der Waals surface area contributed by atoms with E-state index in [2.05, 4.69) is 5.32 Å². The van der Waals surface area contributed by atoms with Crippen molar-refractivity contribution in [1.82, 2.24) is 10.2 Å². The zero-order chi connectivity index (χ0) is 22.5. The lowest BCUT2D eigenvalue weighted by molar-refractivity contribution is -0.141. The Balaban J connectivity index is 2.42. The Bertz CT molecular complexity index is 832. The normalized spacial score (nSPS) is 17.2. The van der Waals surface area contributed by atoms with Gasteiger partial charge in [0.2, 0.25) is 11.8 Å². The summed E-state index contributed by atoms with van der Waals surface area (Å²) in [7, 11) is 0. The lowest BCUT2D eigenvalue weighted by Crippen LogP contribution is -2.44. The molecule has 6 nitrogen and oxygen atoms in total. The van der Waals surface area contributed by atoms with Crippen LogP contribution in [0.4, 0.5) is 13.2 Å². The van der Waals surface area contributed by atoms with Gasteiger partial charge in [-0.25, -0.2) is 4.79 Å². The Morgan fingerprint density at radius 2 is 1.83 bits per heavy atom. The number of benzene rings is 1. The first-order chi connectivity index (χ1) is 14.1. The molecular weight excluding hydrogens is 401 g/mol. The van der Waals surface area contributed by atoms with Crippen molar-refractivity contribution in [1.29, 1.82) is 0 Å². The van der Waals surface area contributed by atoms with Crippen molar-refractivity contribution < 1.29 is 32.3 Å². The summed E-state index contributed by atoms with van der Waals surface area (Å²) in [4.78, 5) is 38.7. The number of hydrogen-bond acceptors (Lipinski definition) is 4. The van der Waals surface area contributed by atoms with Gasteiger partial charge in [0.25, 0.3) is 0 Å². The van der Waals surface area contributed by atoms with Crippen LogP contribution in [0.1, 0.15) is 50.7 Å². The minimum atomic E-state index is -4.49. The number of carbonyl (C=O) groups is 3. The van der Waals surface area contributed by atoms with Gasteiger partial charge in [-0.15, -0.1) is 0 Å². The third-order valence-corrected chi connectivity index (χ3v) is 4.83. The summed E-state index contributed by atoms with van der Waals surface area (Å²) in [6, 6.07) is 4.36. The summed E-state index contributed by atoms with van der Waals surface area (Å²) < 4.78 is 43.7. The molecule has 30 heavy (non-hydrogen) atoms. The molecule has 0 fully saturated rings. The van der Waals surface area contributed by atoms with Gasteiger partial charge >= 0.3 is 12.1 Å². The predicted octanol–water partition coefficient (Wildman–Crippen LogP) is 3.38. The van der Waals surface area contributed by atoms with E-state index in [0.29, 0.717) is 12.1 Å². The third-order valence-electron chi connectivity index (χ3n) is 4.83. The quantitative estimate of drug-likeness (QED) is 0.679. The molecule has 9 heteroatoms. The Kier molecular flexibility index (Phi) is 7.64. The maximum atomic E-state index is 12.9. The van der Waals surface area contributed by atoms with Crippen LogP contribution in [0, 0.1) is 0 Å². The SMILES string of the molecule is CCCNC(=O)CN1C(=O)CC(c2ccc(C(F)(F)F)cc2)C(C(=O)OCC)=C1C. The Morgan fingerprint density at radius 1 is 1.20 bits per heavy atom. The summed E-state index contributed by atoms with van der Waals surface area (Å²) in [5.74, 6) is -2.17. The lowest BCUT2D eigenvalue weighted by Gasteiger charge is -2.34. The highest BCUT2D eigenvalue weighted by atomic mass is 19.4. The van der Waals surface area contributed by atoms with E-state index in [4.69, 9.17) is 4.74 Å². The fourth-order valence-corrected chi connectivity index (χ4v) is 3.33. The molecule has 1 aromatic rings. The van der Waals surface area contributed by atoms with E-state index >= 15 is 0 Å². The number of nitrogens with one attached hydrogen (secondary N) is 1. The summed E-state index contributed by atoms with van der Waals surface area (Å²) in [5, 5.41) is 2.68. The number of allylic oxidation sites excluding steroid dienone is 1. The Labute approximate surface area is 173 Å². The van der Waals surface area contributed by atoms with Crippen LogP contribution in [0.25, 0.3) is 0 Å². The minimum Gasteiger partial charge on any atom is -0.463 e. The van der Waals surface area contributed by atoms with E-state index in [-0.39, 0.29) is 36.7 Å². The molecule has 164 valence electrons. The van der Waals surface area contributed by atoms with Crippen molar-refractivity contribution in [3.63, 3.8) is 0 Å². The number of amides is 2. The predicted molar refractivity (Wildman–Crippen MR) is 103 cm³/mol. The van der Waals surface area contributed by atoms with Crippen molar-refractivity contribution >= 4 is 17.8 Å². The molecule has 1 aromatic carbocycles. The average molecular weight is 426 g/mol.